The third-order valence-electron chi connectivity index (χ3n) is 6.65. The molecule has 1 aliphatic carbocycles. The molecule has 0 saturated heterocycles. The van der Waals surface area contributed by atoms with E-state index in [2.05, 4.69) is 101 Å². The predicted molar refractivity (Wildman–Crippen MR) is 128 cm³/mol. The lowest BCUT2D eigenvalue weighted by atomic mass is 9.82. The number of aryl methyl sites for hydroxylation is 1. The zero-order chi connectivity index (χ0) is 21.0. The van der Waals surface area contributed by atoms with Gasteiger partial charge in [0.1, 0.15) is 0 Å². The maximum Gasteiger partial charge on any atom is 0.0715 e. The van der Waals surface area contributed by atoms with Gasteiger partial charge in [0.2, 0.25) is 0 Å². The van der Waals surface area contributed by atoms with E-state index in [0.717, 1.165) is 17.6 Å². The molecule has 0 amide bonds. The Kier molecular flexibility index (Phi) is 4.32. The molecule has 0 fully saturated rings. The van der Waals surface area contributed by atoms with Crippen molar-refractivity contribution in [1.82, 2.24) is 4.98 Å². The van der Waals surface area contributed by atoms with Gasteiger partial charge in [-0.3, -0.25) is 0 Å². The zero-order valence-electron chi connectivity index (χ0n) is 18.6. The van der Waals surface area contributed by atoms with Gasteiger partial charge in [-0.15, -0.1) is 0 Å². The van der Waals surface area contributed by atoms with Gasteiger partial charge >= 0.3 is 0 Å². The lowest BCUT2D eigenvalue weighted by Crippen LogP contribution is -2.15. The summed E-state index contributed by atoms with van der Waals surface area (Å²) in [6, 6.07) is 24.5. The molecular weight excluding hydrogens is 362 g/mol. The van der Waals surface area contributed by atoms with Crippen molar-refractivity contribution in [3.63, 3.8) is 0 Å². The van der Waals surface area contributed by atoms with E-state index in [1.165, 1.54) is 44.3 Å². The van der Waals surface area contributed by atoms with Crippen LogP contribution >= 0.6 is 0 Å². The first-order valence-corrected chi connectivity index (χ1v) is 11.0. The number of hydrogen-bond acceptors (Lipinski definition) is 1. The van der Waals surface area contributed by atoms with E-state index in [1.807, 2.05) is 0 Å². The van der Waals surface area contributed by atoms with Crippen LogP contribution in [0.2, 0.25) is 0 Å². The molecule has 1 aliphatic rings. The SMILES string of the molecule is Cc1ccccc1-c1cc(CC(C)C)c2cc3c(cc2n1)C(C)(C)c1ccccc1-3. The first-order valence-electron chi connectivity index (χ1n) is 11.0. The van der Waals surface area contributed by atoms with Crippen molar-refractivity contribution in [3.8, 4) is 22.4 Å². The first-order chi connectivity index (χ1) is 14.4. The predicted octanol–water partition coefficient (Wildman–Crippen LogP) is 7.72. The van der Waals surface area contributed by atoms with Gasteiger partial charge in [-0.25, -0.2) is 4.98 Å². The number of pyridine rings is 1. The van der Waals surface area contributed by atoms with Gasteiger partial charge in [0.15, 0.2) is 0 Å². The van der Waals surface area contributed by atoms with Gasteiger partial charge in [0.25, 0.3) is 0 Å². The summed E-state index contributed by atoms with van der Waals surface area (Å²) in [4.78, 5) is 5.18. The van der Waals surface area contributed by atoms with E-state index < -0.39 is 0 Å². The Hall–Kier alpha value is -2.93. The highest BCUT2D eigenvalue weighted by Crippen LogP contribution is 2.50. The third-order valence-corrected chi connectivity index (χ3v) is 6.65. The molecule has 0 atom stereocenters. The molecular formula is C29H29N. The van der Waals surface area contributed by atoms with Gasteiger partial charge < -0.3 is 0 Å². The molecule has 0 spiro atoms. The fraction of sp³-hybridized carbons (Fsp3) is 0.276. The quantitative estimate of drug-likeness (QED) is 0.348. The normalized spacial score (nSPS) is 14.2. The second-order valence-corrected chi connectivity index (χ2v) is 9.67. The van der Waals surface area contributed by atoms with Crippen LogP contribution in [0.5, 0.6) is 0 Å². The summed E-state index contributed by atoms with van der Waals surface area (Å²) >= 11 is 0. The first kappa shape index (κ1) is 19.1. The molecule has 1 heteroatoms. The number of nitrogens with zero attached hydrogens (tertiary/aromatic N) is 1. The standard InChI is InChI=1S/C29H29N/c1-18(2)14-20-15-27(21-11-7-6-10-19(21)3)30-28-17-26-24(16-23(20)28)22-12-8-9-13-25(22)29(26,4)5/h6-13,15-18H,14H2,1-5H3. The van der Waals surface area contributed by atoms with E-state index in [-0.39, 0.29) is 5.41 Å². The Bertz CT molecular complexity index is 1280. The van der Waals surface area contributed by atoms with Crippen molar-refractivity contribution in [2.75, 3.05) is 0 Å². The minimum atomic E-state index is -0.00131. The maximum absolute atomic E-state index is 5.18. The van der Waals surface area contributed by atoms with Crippen molar-refractivity contribution >= 4 is 10.9 Å². The summed E-state index contributed by atoms with van der Waals surface area (Å²) < 4.78 is 0. The van der Waals surface area contributed by atoms with Crippen LogP contribution in [-0.4, -0.2) is 4.98 Å². The summed E-state index contributed by atoms with van der Waals surface area (Å²) in [5, 5.41) is 1.30. The van der Waals surface area contributed by atoms with E-state index >= 15 is 0 Å². The van der Waals surface area contributed by atoms with Gasteiger partial charge in [-0.1, -0.05) is 76.2 Å². The third kappa shape index (κ3) is 2.88. The summed E-state index contributed by atoms with van der Waals surface area (Å²) in [6.07, 6.45) is 1.06. The monoisotopic (exact) mass is 391 g/mol. The molecule has 0 N–H and O–H groups in total. The van der Waals surface area contributed by atoms with Gasteiger partial charge in [0, 0.05) is 16.4 Å². The Morgan fingerprint density at radius 3 is 2.23 bits per heavy atom. The molecule has 0 aliphatic heterocycles. The Labute approximate surface area is 179 Å². The zero-order valence-corrected chi connectivity index (χ0v) is 18.6. The van der Waals surface area contributed by atoms with E-state index in [4.69, 9.17) is 4.98 Å². The second-order valence-electron chi connectivity index (χ2n) is 9.67. The van der Waals surface area contributed by atoms with Crippen LogP contribution in [0, 0.1) is 12.8 Å². The number of aromatic nitrogens is 1. The fourth-order valence-electron chi connectivity index (χ4n) is 5.10. The molecule has 150 valence electrons. The van der Waals surface area contributed by atoms with Crippen molar-refractivity contribution in [2.24, 2.45) is 5.92 Å². The minimum Gasteiger partial charge on any atom is -0.248 e. The highest BCUT2D eigenvalue weighted by Gasteiger charge is 2.35. The lowest BCUT2D eigenvalue weighted by molar-refractivity contribution is 0.649. The van der Waals surface area contributed by atoms with Crippen LogP contribution < -0.4 is 0 Å². The molecule has 0 radical (unpaired) electrons. The van der Waals surface area contributed by atoms with E-state index in [0.29, 0.717) is 5.92 Å². The smallest absolute Gasteiger partial charge is 0.0715 e. The largest absolute Gasteiger partial charge is 0.248 e. The summed E-state index contributed by atoms with van der Waals surface area (Å²) in [5.41, 5.74) is 11.7. The highest BCUT2D eigenvalue weighted by molar-refractivity contribution is 5.94. The second kappa shape index (κ2) is 6.80. The molecule has 0 saturated carbocycles. The lowest BCUT2D eigenvalue weighted by Gasteiger charge is -2.22. The summed E-state index contributed by atoms with van der Waals surface area (Å²) in [5.74, 6) is 0.595. The van der Waals surface area contributed by atoms with Crippen LogP contribution in [-0.2, 0) is 11.8 Å². The van der Waals surface area contributed by atoms with Crippen LogP contribution in [0.3, 0.4) is 0 Å². The van der Waals surface area contributed by atoms with Crippen LogP contribution in [0.25, 0.3) is 33.3 Å². The number of benzene rings is 3. The number of fused-ring (bicyclic) bond motifs is 4. The van der Waals surface area contributed by atoms with Crippen molar-refractivity contribution < 1.29 is 0 Å². The molecule has 3 aromatic carbocycles. The van der Waals surface area contributed by atoms with Gasteiger partial charge in [-0.2, -0.15) is 0 Å². The highest BCUT2D eigenvalue weighted by atomic mass is 14.7. The topological polar surface area (TPSA) is 12.9 Å². The number of rotatable bonds is 3. The molecule has 1 heterocycles. The minimum absolute atomic E-state index is 0.00131. The Morgan fingerprint density at radius 1 is 0.800 bits per heavy atom. The van der Waals surface area contributed by atoms with Crippen LogP contribution in [0.15, 0.2) is 66.7 Å². The molecule has 30 heavy (non-hydrogen) atoms. The molecule has 0 bridgehead atoms. The van der Waals surface area contributed by atoms with Crippen LogP contribution in [0.1, 0.15) is 49.9 Å². The Balaban J connectivity index is 1.81. The average molecular weight is 392 g/mol. The Morgan fingerprint density at radius 2 is 1.50 bits per heavy atom. The van der Waals surface area contributed by atoms with Crippen molar-refractivity contribution in [1.29, 1.82) is 0 Å². The molecule has 4 aromatic rings. The number of hydrogen-bond donors (Lipinski definition) is 0. The molecule has 1 aromatic heterocycles. The van der Waals surface area contributed by atoms with Gasteiger partial charge in [-0.05, 0) is 70.8 Å². The van der Waals surface area contributed by atoms with E-state index in [9.17, 15) is 0 Å². The van der Waals surface area contributed by atoms with Gasteiger partial charge in [0.05, 0.1) is 11.2 Å². The molecule has 0 unspecified atom stereocenters. The fourth-order valence-corrected chi connectivity index (χ4v) is 5.10. The summed E-state index contributed by atoms with van der Waals surface area (Å²) in [7, 11) is 0. The van der Waals surface area contributed by atoms with Crippen molar-refractivity contribution in [3.05, 3.63) is 89.0 Å². The van der Waals surface area contributed by atoms with E-state index in [1.54, 1.807) is 0 Å². The maximum atomic E-state index is 5.18. The summed E-state index contributed by atoms with van der Waals surface area (Å²) in [6.45, 7) is 11.4. The van der Waals surface area contributed by atoms with Crippen molar-refractivity contribution in [2.45, 2.75) is 46.5 Å². The van der Waals surface area contributed by atoms with Crippen LogP contribution in [0.4, 0.5) is 0 Å². The molecule has 1 nitrogen and oxygen atoms in total. The molecule has 5 rings (SSSR count). The average Bonchev–Trinajstić information content (AvgIpc) is 2.94.